The lowest BCUT2D eigenvalue weighted by molar-refractivity contribution is -0.118. The van der Waals surface area contributed by atoms with Gasteiger partial charge in [0.05, 0.1) is 0 Å². The van der Waals surface area contributed by atoms with Gasteiger partial charge in [0.15, 0.2) is 0 Å². The summed E-state index contributed by atoms with van der Waals surface area (Å²) in [7, 11) is 0. The molecule has 0 amide bonds. The van der Waals surface area contributed by atoms with Gasteiger partial charge in [-0.05, 0) is 30.6 Å². The number of Topliss-reactive ketones (excluding diaryl/α,β-unsaturated/α-hetero) is 1. The summed E-state index contributed by atoms with van der Waals surface area (Å²) in [6.07, 6.45) is 4.81. The van der Waals surface area contributed by atoms with E-state index in [4.69, 9.17) is 0 Å². The molecule has 0 heterocycles. The minimum Gasteiger partial charge on any atom is -0.299 e. The minimum absolute atomic E-state index is 0.183. The lowest BCUT2D eigenvalue weighted by atomic mass is 9.65. The summed E-state index contributed by atoms with van der Waals surface area (Å²) in [6, 6.07) is 0. The monoisotopic (exact) mass is 204 g/mol. The molecule has 0 N–H and O–H groups in total. The van der Waals surface area contributed by atoms with Crippen molar-refractivity contribution in [2.45, 2.75) is 40.0 Å². The molecule has 0 aromatic carbocycles. The summed E-state index contributed by atoms with van der Waals surface area (Å²) in [5.74, 6) is 1.35. The van der Waals surface area contributed by atoms with Gasteiger partial charge in [0.25, 0.3) is 0 Å². The topological polar surface area (TPSA) is 17.1 Å². The van der Waals surface area contributed by atoms with Crippen LogP contribution in [0.25, 0.3) is 0 Å². The lowest BCUT2D eigenvalue weighted by Gasteiger charge is -2.39. The van der Waals surface area contributed by atoms with Crippen molar-refractivity contribution in [2.24, 2.45) is 17.3 Å². The van der Waals surface area contributed by atoms with E-state index in [-0.39, 0.29) is 5.41 Å². The summed E-state index contributed by atoms with van der Waals surface area (Å²) in [6.45, 7) is 10.8. The van der Waals surface area contributed by atoms with Crippen molar-refractivity contribution >= 4 is 5.78 Å². The minimum atomic E-state index is 0.183. The molecule has 2 aliphatic rings. The van der Waals surface area contributed by atoms with Crippen LogP contribution in [0, 0.1) is 17.3 Å². The quantitative estimate of drug-likeness (QED) is 0.552. The smallest absolute Gasteiger partial charge is 0.137 e. The molecule has 15 heavy (non-hydrogen) atoms. The Bertz CT molecular complexity index is 346. The van der Waals surface area contributed by atoms with E-state index in [1.807, 2.05) is 0 Å². The fraction of sp³-hybridized carbons (Fsp3) is 0.643. The van der Waals surface area contributed by atoms with Gasteiger partial charge in [0, 0.05) is 12.8 Å². The van der Waals surface area contributed by atoms with E-state index in [2.05, 4.69) is 33.4 Å². The number of allylic oxidation sites excluding steroid dienone is 3. The van der Waals surface area contributed by atoms with E-state index in [1.54, 1.807) is 0 Å². The van der Waals surface area contributed by atoms with Crippen molar-refractivity contribution in [1.82, 2.24) is 0 Å². The Kier molecular flexibility index (Phi) is 2.37. The predicted molar refractivity (Wildman–Crippen MR) is 62.5 cm³/mol. The molecule has 0 radical (unpaired) electrons. The normalized spacial score (nSPS) is 34.7. The third-order valence-electron chi connectivity index (χ3n) is 4.05. The third kappa shape index (κ3) is 1.80. The van der Waals surface area contributed by atoms with Crippen LogP contribution < -0.4 is 0 Å². The van der Waals surface area contributed by atoms with Crippen LogP contribution in [0.1, 0.15) is 40.0 Å². The third-order valence-corrected chi connectivity index (χ3v) is 4.05. The average molecular weight is 204 g/mol. The van der Waals surface area contributed by atoms with Gasteiger partial charge >= 0.3 is 0 Å². The number of rotatable bonds is 0. The van der Waals surface area contributed by atoms with Crippen molar-refractivity contribution < 1.29 is 4.79 Å². The fourth-order valence-corrected chi connectivity index (χ4v) is 3.24. The average Bonchev–Trinajstić information content (AvgIpc) is 2.20. The zero-order valence-corrected chi connectivity index (χ0v) is 9.97. The van der Waals surface area contributed by atoms with Crippen LogP contribution in [0.5, 0.6) is 0 Å². The van der Waals surface area contributed by atoms with Crippen LogP contribution in [0.15, 0.2) is 23.8 Å². The SMILES string of the molecule is C=C1CC(=O)C[C@H]2C[C@@H]1C(C)(C)C=C2C. The number of hydrogen-bond donors (Lipinski definition) is 0. The van der Waals surface area contributed by atoms with Crippen molar-refractivity contribution in [3.63, 3.8) is 0 Å². The van der Waals surface area contributed by atoms with Crippen molar-refractivity contribution in [3.05, 3.63) is 23.8 Å². The van der Waals surface area contributed by atoms with Gasteiger partial charge in [-0.3, -0.25) is 4.79 Å². The highest BCUT2D eigenvalue weighted by molar-refractivity contribution is 5.82. The molecule has 2 aliphatic carbocycles. The molecule has 1 nitrogen and oxygen atoms in total. The Morgan fingerprint density at radius 2 is 2.13 bits per heavy atom. The van der Waals surface area contributed by atoms with Crippen LogP contribution >= 0.6 is 0 Å². The molecule has 0 aromatic heterocycles. The van der Waals surface area contributed by atoms with E-state index >= 15 is 0 Å². The molecule has 1 saturated carbocycles. The first-order chi connectivity index (χ1) is 6.90. The lowest BCUT2D eigenvalue weighted by Crippen LogP contribution is -2.29. The van der Waals surface area contributed by atoms with Crippen molar-refractivity contribution in [2.75, 3.05) is 0 Å². The largest absolute Gasteiger partial charge is 0.299 e. The molecule has 82 valence electrons. The number of fused-ring (bicyclic) bond motifs is 2. The molecular weight excluding hydrogens is 184 g/mol. The first-order valence-electron chi connectivity index (χ1n) is 5.79. The molecule has 0 spiro atoms. The van der Waals surface area contributed by atoms with Crippen LogP contribution in [-0.4, -0.2) is 5.78 Å². The van der Waals surface area contributed by atoms with E-state index in [1.165, 1.54) is 5.57 Å². The Balaban J connectivity index is 2.42. The maximum absolute atomic E-state index is 11.7. The Hall–Kier alpha value is -0.850. The fourth-order valence-electron chi connectivity index (χ4n) is 3.24. The molecule has 0 aliphatic heterocycles. The van der Waals surface area contributed by atoms with Crippen LogP contribution in [-0.2, 0) is 4.79 Å². The van der Waals surface area contributed by atoms with E-state index in [0.717, 1.165) is 18.4 Å². The molecule has 0 unspecified atom stereocenters. The van der Waals surface area contributed by atoms with Gasteiger partial charge in [0.2, 0.25) is 0 Å². The van der Waals surface area contributed by atoms with Gasteiger partial charge in [-0.15, -0.1) is 0 Å². The van der Waals surface area contributed by atoms with Crippen molar-refractivity contribution in [1.29, 1.82) is 0 Å². The van der Waals surface area contributed by atoms with Gasteiger partial charge in [-0.25, -0.2) is 0 Å². The second-order valence-corrected chi connectivity index (χ2v) is 5.77. The standard InChI is InChI=1S/C14H20O/c1-9-5-12(15)6-11-7-13(9)14(3,4)8-10(11)2/h8,11,13H,1,5-7H2,2-4H3/t11-,13-/m0/s1. The van der Waals surface area contributed by atoms with Gasteiger partial charge in [0.1, 0.15) is 5.78 Å². The maximum Gasteiger partial charge on any atom is 0.137 e. The summed E-state index contributed by atoms with van der Waals surface area (Å²) in [5, 5.41) is 0. The summed E-state index contributed by atoms with van der Waals surface area (Å²) >= 11 is 0. The predicted octanol–water partition coefficient (Wildman–Crippen LogP) is 3.51. The number of carbonyl (C=O) groups excluding carboxylic acids is 1. The summed E-state index contributed by atoms with van der Waals surface area (Å²) in [5.41, 5.74) is 2.73. The Labute approximate surface area is 92.3 Å². The molecule has 1 fully saturated rings. The number of carbonyl (C=O) groups is 1. The summed E-state index contributed by atoms with van der Waals surface area (Å²) < 4.78 is 0. The molecule has 0 aromatic rings. The van der Waals surface area contributed by atoms with E-state index < -0.39 is 0 Å². The first kappa shape index (κ1) is 10.7. The maximum atomic E-state index is 11.7. The highest BCUT2D eigenvalue weighted by Gasteiger charge is 2.39. The van der Waals surface area contributed by atoms with Gasteiger partial charge in [-0.1, -0.05) is 37.6 Å². The van der Waals surface area contributed by atoms with Crippen molar-refractivity contribution in [3.8, 4) is 0 Å². The number of ketones is 1. The van der Waals surface area contributed by atoms with E-state index in [9.17, 15) is 4.79 Å². The molecule has 2 atom stereocenters. The Morgan fingerprint density at radius 1 is 1.47 bits per heavy atom. The molecular formula is C14H20O. The van der Waals surface area contributed by atoms with Gasteiger partial charge in [-0.2, -0.15) is 0 Å². The van der Waals surface area contributed by atoms with Gasteiger partial charge < -0.3 is 0 Å². The van der Waals surface area contributed by atoms with E-state index in [0.29, 0.717) is 24.0 Å². The zero-order valence-electron chi connectivity index (χ0n) is 9.97. The first-order valence-corrected chi connectivity index (χ1v) is 5.79. The molecule has 2 rings (SSSR count). The second-order valence-electron chi connectivity index (χ2n) is 5.77. The van der Waals surface area contributed by atoms with Crippen LogP contribution in [0.4, 0.5) is 0 Å². The highest BCUT2D eigenvalue weighted by atomic mass is 16.1. The Morgan fingerprint density at radius 3 is 2.80 bits per heavy atom. The molecule has 1 heteroatoms. The zero-order chi connectivity index (χ0) is 11.2. The number of hydrogen-bond acceptors (Lipinski definition) is 1. The second kappa shape index (κ2) is 3.33. The van der Waals surface area contributed by atoms with Crippen LogP contribution in [0.3, 0.4) is 0 Å². The summed E-state index contributed by atoms with van der Waals surface area (Å²) in [4.78, 5) is 11.7. The van der Waals surface area contributed by atoms with Crippen LogP contribution in [0.2, 0.25) is 0 Å². The highest BCUT2D eigenvalue weighted by Crippen LogP contribution is 2.48. The molecule has 0 saturated heterocycles. The molecule has 2 bridgehead atoms.